The van der Waals surface area contributed by atoms with Crippen molar-refractivity contribution in [3.05, 3.63) is 56.9 Å². The molecule has 3 rings (SSSR count). The molecule has 148 valence electrons. The summed E-state index contributed by atoms with van der Waals surface area (Å²) in [6.45, 7) is 5.46. The number of rotatable bonds is 7. The standard InChI is InChI=1S/C19H22N4O5/c1-13-8-14(2)22(21-13)7-3-6-20-18(24)5-4-15-9-17(23(25)26)10-16-11-27-12-28-19(15)16/h4-5,8-10H,3,6-7,11-12H2,1-2H3,(H,20,24). The number of benzene rings is 1. The second-order valence-electron chi connectivity index (χ2n) is 6.52. The van der Waals surface area contributed by atoms with E-state index in [1.807, 2.05) is 24.6 Å². The van der Waals surface area contributed by atoms with Crippen LogP contribution in [0.1, 0.15) is 28.9 Å². The third-order valence-corrected chi connectivity index (χ3v) is 4.30. The van der Waals surface area contributed by atoms with Gasteiger partial charge in [-0.1, -0.05) is 0 Å². The second kappa shape index (κ2) is 8.66. The average Bonchev–Trinajstić information content (AvgIpc) is 3.00. The van der Waals surface area contributed by atoms with Gasteiger partial charge >= 0.3 is 0 Å². The monoisotopic (exact) mass is 386 g/mol. The molecule has 0 saturated heterocycles. The summed E-state index contributed by atoms with van der Waals surface area (Å²) in [5.41, 5.74) is 3.05. The summed E-state index contributed by atoms with van der Waals surface area (Å²) in [6.07, 6.45) is 3.61. The Kier molecular flexibility index (Phi) is 6.05. The number of carbonyl (C=O) groups excluding carboxylic acids is 1. The Balaban J connectivity index is 1.58. The normalized spacial score (nSPS) is 13.2. The summed E-state index contributed by atoms with van der Waals surface area (Å²) < 4.78 is 12.5. The van der Waals surface area contributed by atoms with Crippen molar-refractivity contribution >= 4 is 17.7 Å². The number of fused-ring (bicyclic) bond motifs is 1. The van der Waals surface area contributed by atoms with Crippen LogP contribution in [0.15, 0.2) is 24.3 Å². The molecule has 9 heteroatoms. The van der Waals surface area contributed by atoms with Gasteiger partial charge in [0.25, 0.3) is 5.69 Å². The highest BCUT2D eigenvalue weighted by Gasteiger charge is 2.19. The van der Waals surface area contributed by atoms with E-state index in [4.69, 9.17) is 9.47 Å². The van der Waals surface area contributed by atoms with Crippen LogP contribution < -0.4 is 10.1 Å². The predicted octanol–water partition coefficient (Wildman–Crippen LogP) is 2.49. The maximum atomic E-state index is 12.1. The number of hydrogen-bond donors (Lipinski definition) is 1. The minimum absolute atomic E-state index is 0.0715. The Bertz CT molecular complexity index is 919. The number of aromatic nitrogens is 2. The van der Waals surface area contributed by atoms with Crippen molar-refractivity contribution in [3.63, 3.8) is 0 Å². The van der Waals surface area contributed by atoms with Crippen LogP contribution >= 0.6 is 0 Å². The quantitative estimate of drug-likeness (QED) is 0.339. The van der Waals surface area contributed by atoms with Crippen LogP contribution in [0, 0.1) is 24.0 Å². The van der Waals surface area contributed by atoms with Crippen molar-refractivity contribution in [2.45, 2.75) is 33.4 Å². The first kappa shape index (κ1) is 19.6. The first-order valence-electron chi connectivity index (χ1n) is 8.93. The number of amides is 1. The average molecular weight is 386 g/mol. The zero-order valence-corrected chi connectivity index (χ0v) is 15.8. The molecule has 2 heterocycles. The molecule has 1 aromatic heterocycles. The Labute approximate surface area is 162 Å². The lowest BCUT2D eigenvalue weighted by molar-refractivity contribution is -0.385. The highest BCUT2D eigenvalue weighted by Crippen LogP contribution is 2.33. The number of nitro benzene ring substituents is 1. The Hall–Kier alpha value is -3.20. The Morgan fingerprint density at radius 1 is 1.39 bits per heavy atom. The number of aryl methyl sites for hydroxylation is 3. The molecule has 1 amide bonds. The van der Waals surface area contributed by atoms with Gasteiger partial charge in [0.2, 0.25) is 5.91 Å². The van der Waals surface area contributed by atoms with Gasteiger partial charge in [-0.15, -0.1) is 0 Å². The molecule has 0 radical (unpaired) electrons. The minimum atomic E-state index is -0.481. The topological polar surface area (TPSA) is 109 Å². The van der Waals surface area contributed by atoms with Crippen molar-refractivity contribution in [2.75, 3.05) is 13.3 Å². The van der Waals surface area contributed by atoms with Crippen molar-refractivity contribution in [2.24, 2.45) is 0 Å². The maximum Gasteiger partial charge on any atom is 0.270 e. The molecule has 1 N–H and O–H groups in total. The van der Waals surface area contributed by atoms with E-state index in [9.17, 15) is 14.9 Å². The molecular formula is C19H22N4O5. The van der Waals surface area contributed by atoms with Crippen LogP contribution in [0.2, 0.25) is 0 Å². The number of nitro groups is 1. The fourth-order valence-corrected chi connectivity index (χ4v) is 3.03. The van der Waals surface area contributed by atoms with Gasteiger partial charge in [0.05, 0.1) is 17.2 Å². The summed E-state index contributed by atoms with van der Waals surface area (Å²) in [7, 11) is 0. The van der Waals surface area contributed by atoms with Crippen molar-refractivity contribution in [3.8, 4) is 5.75 Å². The molecule has 0 bridgehead atoms. The molecular weight excluding hydrogens is 364 g/mol. The summed E-state index contributed by atoms with van der Waals surface area (Å²) in [5, 5.41) is 18.3. The molecule has 0 aliphatic carbocycles. The van der Waals surface area contributed by atoms with Gasteiger partial charge in [-0.05, 0) is 32.4 Å². The number of ether oxygens (including phenoxy) is 2. The molecule has 28 heavy (non-hydrogen) atoms. The molecule has 1 aromatic carbocycles. The SMILES string of the molecule is Cc1cc(C)n(CCCNC(=O)C=Cc2cc([N+](=O)[O-])cc3c2OCOC3)n1. The fourth-order valence-electron chi connectivity index (χ4n) is 3.03. The van der Waals surface area contributed by atoms with E-state index in [0.717, 1.165) is 24.4 Å². The van der Waals surface area contributed by atoms with E-state index in [1.165, 1.54) is 24.3 Å². The lowest BCUT2D eigenvalue weighted by Crippen LogP contribution is -2.23. The molecule has 0 saturated carbocycles. The third kappa shape index (κ3) is 4.74. The van der Waals surface area contributed by atoms with Crippen LogP contribution in [0.4, 0.5) is 5.69 Å². The van der Waals surface area contributed by atoms with Crippen molar-refractivity contribution in [1.82, 2.24) is 15.1 Å². The molecule has 1 aliphatic rings. The van der Waals surface area contributed by atoms with E-state index in [1.54, 1.807) is 0 Å². The summed E-state index contributed by atoms with van der Waals surface area (Å²) in [6, 6.07) is 4.82. The van der Waals surface area contributed by atoms with Gasteiger partial charge in [0.15, 0.2) is 6.79 Å². The molecule has 2 aromatic rings. The maximum absolute atomic E-state index is 12.1. The predicted molar refractivity (Wildman–Crippen MR) is 102 cm³/mol. The zero-order chi connectivity index (χ0) is 20.1. The molecule has 0 unspecified atom stereocenters. The number of carbonyl (C=O) groups is 1. The first-order valence-corrected chi connectivity index (χ1v) is 8.93. The van der Waals surface area contributed by atoms with Crippen LogP contribution in [0.5, 0.6) is 5.75 Å². The lowest BCUT2D eigenvalue weighted by Gasteiger charge is -2.19. The van der Waals surface area contributed by atoms with Crippen molar-refractivity contribution in [1.29, 1.82) is 0 Å². The van der Waals surface area contributed by atoms with Crippen LogP contribution in [0.25, 0.3) is 6.08 Å². The molecule has 0 atom stereocenters. The fraction of sp³-hybridized carbons (Fsp3) is 0.368. The summed E-state index contributed by atoms with van der Waals surface area (Å²) >= 11 is 0. The molecule has 0 fully saturated rings. The van der Waals surface area contributed by atoms with Gasteiger partial charge in [0, 0.05) is 48.1 Å². The third-order valence-electron chi connectivity index (χ3n) is 4.30. The molecule has 1 aliphatic heterocycles. The van der Waals surface area contributed by atoms with Gasteiger partial charge in [-0.3, -0.25) is 19.6 Å². The van der Waals surface area contributed by atoms with E-state index >= 15 is 0 Å². The number of nitrogens with one attached hydrogen (secondary N) is 1. The van der Waals surface area contributed by atoms with E-state index in [0.29, 0.717) is 23.4 Å². The van der Waals surface area contributed by atoms with Crippen LogP contribution in [-0.2, 0) is 22.7 Å². The largest absolute Gasteiger partial charge is 0.467 e. The minimum Gasteiger partial charge on any atom is -0.467 e. The molecule has 9 nitrogen and oxygen atoms in total. The van der Waals surface area contributed by atoms with Crippen LogP contribution in [0.3, 0.4) is 0 Å². The van der Waals surface area contributed by atoms with E-state index in [-0.39, 0.29) is 25.0 Å². The Morgan fingerprint density at radius 2 is 2.21 bits per heavy atom. The number of hydrogen-bond acceptors (Lipinski definition) is 6. The number of non-ortho nitro benzene ring substituents is 1. The summed E-state index contributed by atoms with van der Waals surface area (Å²) in [5.74, 6) is 0.228. The van der Waals surface area contributed by atoms with Gasteiger partial charge < -0.3 is 14.8 Å². The summed E-state index contributed by atoms with van der Waals surface area (Å²) in [4.78, 5) is 22.7. The van der Waals surface area contributed by atoms with E-state index in [2.05, 4.69) is 10.4 Å². The first-order chi connectivity index (χ1) is 13.4. The number of nitrogens with zero attached hydrogens (tertiary/aromatic N) is 3. The van der Waals surface area contributed by atoms with Gasteiger partial charge in [0.1, 0.15) is 5.75 Å². The lowest BCUT2D eigenvalue weighted by atomic mass is 10.1. The van der Waals surface area contributed by atoms with E-state index < -0.39 is 4.92 Å². The van der Waals surface area contributed by atoms with Crippen molar-refractivity contribution < 1.29 is 19.2 Å². The van der Waals surface area contributed by atoms with Gasteiger partial charge in [-0.25, -0.2) is 0 Å². The van der Waals surface area contributed by atoms with Crippen LogP contribution in [-0.4, -0.2) is 33.9 Å². The highest BCUT2D eigenvalue weighted by atomic mass is 16.7. The second-order valence-corrected chi connectivity index (χ2v) is 6.52. The van der Waals surface area contributed by atoms with Gasteiger partial charge in [-0.2, -0.15) is 5.10 Å². The Morgan fingerprint density at radius 3 is 2.93 bits per heavy atom. The highest BCUT2D eigenvalue weighted by molar-refractivity contribution is 5.92. The smallest absolute Gasteiger partial charge is 0.270 e. The zero-order valence-electron chi connectivity index (χ0n) is 15.8. The molecule has 0 spiro atoms.